The van der Waals surface area contributed by atoms with Crippen molar-refractivity contribution >= 4 is 33.0 Å². The maximum Gasteiger partial charge on any atom is 0.271 e. The summed E-state index contributed by atoms with van der Waals surface area (Å²) in [5.74, 6) is -0.574. The van der Waals surface area contributed by atoms with Crippen LogP contribution in [0, 0.1) is 24.0 Å². The molecule has 3 rings (SSSR count). The predicted octanol–water partition coefficient (Wildman–Crippen LogP) is 4.26. The van der Waals surface area contributed by atoms with Crippen molar-refractivity contribution in [2.75, 3.05) is 10.0 Å². The van der Waals surface area contributed by atoms with Gasteiger partial charge in [0.25, 0.3) is 21.6 Å². The molecule has 9 heteroatoms. The standard InChI is InChI=1S/C21H19N3O5S/c1-14-9-11-18(24(26)27)13-19(14)22-21(25)16-10-8-15(2)20(12-16)30(28,29)23-17-6-4-3-5-7-17/h3-13,23H,1-2H3,(H,22,25). The molecule has 0 aliphatic heterocycles. The van der Waals surface area contributed by atoms with Gasteiger partial charge in [-0.3, -0.25) is 19.6 Å². The molecule has 0 spiro atoms. The van der Waals surface area contributed by atoms with Gasteiger partial charge in [0.05, 0.1) is 15.5 Å². The number of aryl methyl sites for hydroxylation is 2. The van der Waals surface area contributed by atoms with E-state index in [2.05, 4.69) is 10.0 Å². The number of nitrogens with one attached hydrogen (secondary N) is 2. The first kappa shape index (κ1) is 21.0. The van der Waals surface area contributed by atoms with Gasteiger partial charge in [0.1, 0.15) is 0 Å². The number of hydrogen-bond donors (Lipinski definition) is 2. The van der Waals surface area contributed by atoms with E-state index in [1.807, 2.05) is 0 Å². The minimum absolute atomic E-state index is 0.0326. The number of non-ortho nitro benzene ring substituents is 1. The van der Waals surface area contributed by atoms with Gasteiger partial charge in [-0.05, 0) is 49.2 Å². The first-order valence-corrected chi connectivity index (χ1v) is 10.4. The van der Waals surface area contributed by atoms with Crippen molar-refractivity contribution in [1.29, 1.82) is 0 Å². The Balaban J connectivity index is 1.90. The van der Waals surface area contributed by atoms with E-state index in [0.29, 0.717) is 16.8 Å². The number of nitro groups is 1. The second-order valence-electron chi connectivity index (χ2n) is 6.66. The van der Waals surface area contributed by atoms with Crippen LogP contribution >= 0.6 is 0 Å². The van der Waals surface area contributed by atoms with Crippen molar-refractivity contribution in [1.82, 2.24) is 0 Å². The zero-order valence-corrected chi connectivity index (χ0v) is 17.1. The quantitative estimate of drug-likeness (QED) is 0.452. The van der Waals surface area contributed by atoms with E-state index < -0.39 is 20.9 Å². The zero-order chi connectivity index (χ0) is 21.9. The molecule has 0 radical (unpaired) electrons. The molecule has 0 unspecified atom stereocenters. The van der Waals surface area contributed by atoms with Gasteiger partial charge in [-0.2, -0.15) is 0 Å². The minimum Gasteiger partial charge on any atom is -0.321 e. The number of carbonyl (C=O) groups is 1. The molecule has 0 atom stereocenters. The molecule has 0 saturated heterocycles. The Kier molecular flexibility index (Phi) is 5.84. The van der Waals surface area contributed by atoms with Gasteiger partial charge >= 0.3 is 0 Å². The molecule has 154 valence electrons. The highest BCUT2D eigenvalue weighted by Gasteiger charge is 2.20. The van der Waals surface area contributed by atoms with Gasteiger partial charge in [0.2, 0.25) is 0 Å². The van der Waals surface area contributed by atoms with Gasteiger partial charge in [0, 0.05) is 23.4 Å². The Labute approximate surface area is 173 Å². The molecule has 8 nitrogen and oxygen atoms in total. The third kappa shape index (κ3) is 4.64. The fourth-order valence-electron chi connectivity index (χ4n) is 2.80. The summed E-state index contributed by atoms with van der Waals surface area (Å²) in [5.41, 5.74) is 1.75. The molecule has 0 aliphatic rings. The second kappa shape index (κ2) is 8.34. The second-order valence-corrected chi connectivity index (χ2v) is 8.31. The summed E-state index contributed by atoms with van der Waals surface area (Å²) < 4.78 is 28.1. The number of amides is 1. The van der Waals surface area contributed by atoms with Crippen molar-refractivity contribution in [3.05, 3.63) is 93.5 Å². The van der Waals surface area contributed by atoms with Gasteiger partial charge < -0.3 is 5.32 Å². The molecular weight excluding hydrogens is 406 g/mol. The number of benzene rings is 3. The normalized spacial score (nSPS) is 11.0. The summed E-state index contributed by atoms with van der Waals surface area (Å²) in [7, 11) is -3.92. The monoisotopic (exact) mass is 425 g/mol. The number of sulfonamides is 1. The van der Waals surface area contributed by atoms with Crippen molar-refractivity contribution < 1.29 is 18.1 Å². The summed E-state index contributed by atoms with van der Waals surface area (Å²) in [6, 6.07) is 16.9. The van der Waals surface area contributed by atoms with Crippen molar-refractivity contribution in [3.63, 3.8) is 0 Å². The van der Waals surface area contributed by atoms with Crippen molar-refractivity contribution in [2.24, 2.45) is 0 Å². The number of para-hydroxylation sites is 1. The lowest BCUT2D eigenvalue weighted by Gasteiger charge is -2.13. The van der Waals surface area contributed by atoms with E-state index in [4.69, 9.17) is 0 Å². The third-order valence-electron chi connectivity index (χ3n) is 4.45. The highest BCUT2D eigenvalue weighted by molar-refractivity contribution is 7.92. The molecule has 2 N–H and O–H groups in total. The lowest BCUT2D eigenvalue weighted by molar-refractivity contribution is -0.384. The average molecular weight is 425 g/mol. The lowest BCUT2D eigenvalue weighted by atomic mass is 10.1. The van der Waals surface area contributed by atoms with E-state index in [1.165, 1.54) is 36.4 Å². The van der Waals surface area contributed by atoms with Crippen LogP contribution in [0.1, 0.15) is 21.5 Å². The Morgan fingerprint density at radius 2 is 1.60 bits per heavy atom. The smallest absolute Gasteiger partial charge is 0.271 e. The number of hydrogen-bond acceptors (Lipinski definition) is 5. The van der Waals surface area contributed by atoms with Crippen LogP contribution in [0.5, 0.6) is 0 Å². The third-order valence-corrected chi connectivity index (χ3v) is 5.97. The fraction of sp³-hybridized carbons (Fsp3) is 0.0952. The first-order valence-electron chi connectivity index (χ1n) is 8.92. The average Bonchev–Trinajstić information content (AvgIpc) is 2.70. The number of nitro benzene ring substituents is 1. The highest BCUT2D eigenvalue weighted by atomic mass is 32.2. The fourth-order valence-corrected chi connectivity index (χ4v) is 4.13. The predicted molar refractivity (Wildman–Crippen MR) is 114 cm³/mol. The molecule has 0 fully saturated rings. The summed E-state index contributed by atoms with van der Waals surface area (Å²) in [4.78, 5) is 23.1. The number of nitrogens with zero attached hydrogens (tertiary/aromatic N) is 1. The lowest BCUT2D eigenvalue weighted by Crippen LogP contribution is -2.17. The topological polar surface area (TPSA) is 118 Å². The molecule has 30 heavy (non-hydrogen) atoms. The van der Waals surface area contributed by atoms with Crippen molar-refractivity contribution in [3.8, 4) is 0 Å². The van der Waals surface area contributed by atoms with Crippen LogP contribution in [-0.4, -0.2) is 19.2 Å². The van der Waals surface area contributed by atoms with Crippen LogP contribution in [0.2, 0.25) is 0 Å². The van der Waals surface area contributed by atoms with Gasteiger partial charge in [-0.1, -0.05) is 30.3 Å². The number of anilines is 2. The summed E-state index contributed by atoms with van der Waals surface area (Å²) in [6.45, 7) is 3.33. The molecule has 0 bridgehead atoms. The molecule has 0 heterocycles. The molecule has 3 aromatic carbocycles. The number of carbonyl (C=O) groups excluding carboxylic acids is 1. The summed E-state index contributed by atoms with van der Waals surface area (Å²) in [6.07, 6.45) is 0. The number of rotatable bonds is 6. The van der Waals surface area contributed by atoms with E-state index in [1.54, 1.807) is 44.2 Å². The van der Waals surface area contributed by atoms with Crippen LogP contribution in [-0.2, 0) is 10.0 Å². The first-order chi connectivity index (χ1) is 14.2. The van der Waals surface area contributed by atoms with E-state index >= 15 is 0 Å². The molecule has 0 aromatic heterocycles. The van der Waals surface area contributed by atoms with Crippen LogP contribution in [0.4, 0.5) is 17.1 Å². The van der Waals surface area contributed by atoms with Crippen LogP contribution in [0.15, 0.2) is 71.6 Å². The molecule has 3 aromatic rings. The van der Waals surface area contributed by atoms with E-state index in [0.717, 1.165) is 0 Å². The van der Waals surface area contributed by atoms with Gasteiger partial charge in [0.15, 0.2) is 0 Å². The summed E-state index contributed by atoms with van der Waals surface area (Å²) >= 11 is 0. The Bertz CT molecular complexity index is 1220. The maximum atomic E-state index is 12.8. The Hall–Kier alpha value is -3.72. The molecule has 0 saturated carbocycles. The van der Waals surface area contributed by atoms with Gasteiger partial charge in [-0.15, -0.1) is 0 Å². The van der Waals surface area contributed by atoms with Crippen LogP contribution in [0.3, 0.4) is 0 Å². The van der Waals surface area contributed by atoms with Crippen molar-refractivity contribution in [2.45, 2.75) is 18.7 Å². The van der Waals surface area contributed by atoms with Gasteiger partial charge in [-0.25, -0.2) is 8.42 Å². The molecular formula is C21H19N3O5S. The Morgan fingerprint density at radius 3 is 2.27 bits per heavy atom. The Morgan fingerprint density at radius 1 is 0.933 bits per heavy atom. The minimum atomic E-state index is -3.92. The molecule has 0 aliphatic carbocycles. The van der Waals surface area contributed by atoms with E-state index in [9.17, 15) is 23.3 Å². The summed E-state index contributed by atoms with van der Waals surface area (Å²) in [5, 5.41) is 13.6. The van der Waals surface area contributed by atoms with E-state index in [-0.39, 0.29) is 21.8 Å². The largest absolute Gasteiger partial charge is 0.321 e. The van der Waals surface area contributed by atoms with Crippen LogP contribution in [0.25, 0.3) is 0 Å². The molecule has 1 amide bonds. The zero-order valence-electron chi connectivity index (χ0n) is 16.2. The van der Waals surface area contributed by atoms with Crippen LogP contribution < -0.4 is 10.0 Å². The maximum absolute atomic E-state index is 12.8. The highest BCUT2D eigenvalue weighted by Crippen LogP contribution is 2.24. The SMILES string of the molecule is Cc1ccc([N+](=O)[O-])cc1NC(=O)c1ccc(C)c(S(=O)(=O)Nc2ccccc2)c1.